The number of rotatable bonds is 1. The van der Waals surface area contributed by atoms with Crippen LogP contribution in [0.4, 0.5) is 11.4 Å². The quantitative estimate of drug-likeness (QED) is 0.860. The lowest BCUT2D eigenvalue weighted by Gasteiger charge is -2.37. The summed E-state index contributed by atoms with van der Waals surface area (Å²) in [6.45, 7) is -0.0146. The molecule has 0 saturated heterocycles. The highest BCUT2D eigenvalue weighted by molar-refractivity contribution is 6.11. The number of fused-ring (bicyclic) bond motifs is 1. The molecule has 0 unspecified atom stereocenters. The molecule has 2 aliphatic rings. The number of para-hydroxylation sites is 2. The van der Waals surface area contributed by atoms with Crippen molar-refractivity contribution in [2.75, 3.05) is 16.8 Å². The molecular weight excluding hydrogens is 266 g/mol. The van der Waals surface area contributed by atoms with Crippen LogP contribution in [0, 0.1) is 16.7 Å². The topological polar surface area (TPSA) is 73.2 Å². The number of hydrogen-bond acceptors (Lipinski definition) is 3. The zero-order valence-electron chi connectivity index (χ0n) is 11.8. The summed E-state index contributed by atoms with van der Waals surface area (Å²) in [7, 11) is 0. The van der Waals surface area contributed by atoms with E-state index in [9.17, 15) is 14.9 Å². The smallest absolute Gasteiger partial charge is 0.248 e. The van der Waals surface area contributed by atoms with Crippen molar-refractivity contribution in [2.45, 2.75) is 32.1 Å². The molecule has 2 amide bonds. The normalized spacial score (nSPS) is 20.1. The van der Waals surface area contributed by atoms with Gasteiger partial charge in [-0.3, -0.25) is 14.5 Å². The Morgan fingerprint density at radius 1 is 1.24 bits per heavy atom. The first-order valence-electron chi connectivity index (χ1n) is 7.28. The maximum absolute atomic E-state index is 12.9. The Labute approximate surface area is 123 Å². The van der Waals surface area contributed by atoms with Gasteiger partial charge in [0.15, 0.2) is 0 Å². The second-order valence-corrected chi connectivity index (χ2v) is 5.71. The van der Waals surface area contributed by atoms with Gasteiger partial charge >= 0.3 is 0 Å². The number of nitriles is 1. The van der Waals surface area contributed by atoms with Gasteiger partial charge in [-0.15, -0.1) is 0 Å². The van der Waals surface area contributed by atoms with Crippen molar-refractivity contribution in [3.63, 3.8) is 0 Å². The van der Waals surface area contributed by atoms with Gasteiger partial charge in [-0.25, -0.2) is 0 Å². The van der Waals surface area contributed by atoms with Crippen molar-refractivity contribution >= 4 is 23.2 Å². The van der Waals surface area contributed by atoms with Crippen LogP contribution in [0.15, 0.2) is 24.3 Å². The average Bonchev–Trinajstić information content (AvgIpc) is 2.54. The number of benzene rings is 1. The van der Waals surface area contributed by atoms with Crippen molar-refractivity contribution in [2.24, 2.45) is 5.41 Å². The number of carbonyl (C=O) groups is 2. The van der Waals surface area contributed by atoms with Gasteiger partial charge in [0.05, 0.1) is 17.4 Å². The van der Waals surface area contributed by atoms with Crippen LogP contribution >= 0.6 is 0 Å². The van der Waals surface area contributed by atoms with Crippen LogP contribution in [-0.2, 0) is 9.59 Å². The molecule has 3 rings (SSSR count). The van der Waals surface area contributed by atoms with E-state index in [4.69, 9.17) is 0 Å². The van der Waals surface area contributed by atoms with Crippen LogP contribution in [-0.4, -0.2) is 18.4 Å². The predicted octanol–water partition coefficient (Wildman–Crippen LogP) is 2.45. The molecule has 1 saturated carbocycles. The molecule has 1 heterocycles. The van der Waals surface area contributed by atoms with Gasteiger partial charge in [-0.05, 0) is 25.0 Å². The van der Waals surface area contributed by atoms with Crippen molar-refractivity contribution in [3.8, 4) is 6.07 Å². The van der Waals surface area contributed by atoms with Gasteiger partial charge in [-0.1, -0.05) is 31.4 Å². The van der Waals surface area contributed by atoms with Crippen molar-refractivity contribution in [1.82, 2.24) is 0 Å². The second kappa shape index (κ2) is 5.21. The Morgan fingerprint density at radius 2 is 1.95 bits per heavy atom. The highest BCUT2D eigenvalue weighted by Crippen LogP contribution is 2.40. The minimum atomic E-state index is -0.969. The molecule has 0 radical (unpaired) electrons. The third kappa shape index (κ3) is 2.27. The highest BCUT2D eigenvalue weighted by Gasteiger charge is 2.44. The Balaban J connectivity index is 1.98. The van der Waals surface area contributed by atoms with E-state index in [1.807, 2.05) is 12.1 Å². The van der Waals surface area contributed by atoms with E-state index in [1.165, 1.54) is 4.90 Å². The third-order valence-electron chi connectivity index (χ3n) is 4.35. The number of anilines is 2. The van der Waals surface area contributed by atoms with Crippen molar-refractivity contribution in [1.29, 1.82) is 5.26 Å². The first kappa shape index (κ1) is 13.6. The van der Waals surface area contributed by atoms with E-state index in [2.05, 4.69) is 11.4 Å². The minimum Gasteiger partial charge on any atom is -0.323 e. The van der Waals surface area contributed by atoms with E-state index in [0.29, 0.717) is 24.2 Å². The molecule has 1 fully saturated rings. The standard InChI is InChI=1S/C16H17N3O2/c17-11-16(8-4-1-5-9-16)15(21)19-10-14(20)18-12-6-2-3-7-13(12)19/h2-3,6-7H,1,4-5,8-10H2,(H,18,20). The summed E-state index contributed by atoms with van der Waals surface area (Å²) in [6, 6.07) is 9.46. The lowest BCUT2D eigenvalue weighted by Crippen LogP contribution is -2.49. The van der Waals surface area contributed by atoms with Crippen LogP contribution in [0.1, 0.15) is 32.1 Å². The van der Waals surface area contributed by atoms with Gasteiger partial charge in [0.1, 0.15) is 12.0 Å². The molecular formula is C16H17N3O2. The van der Waals surface area contributed by atoms with E-state index in [1.54, 1.807) is 12.1 Å². The third-order valence-corrected chi connectivity index (χ3v) is 4.35. The summed E-state index contributed by atoms with van der Waals surface area (Å²) in [4.78, 5) is 26.2. The molecule has 1 aromatic rings. The van der Waals surface area contributed by atoms with E-state index in [-0.39, 0.29) is 18.4 Å². The van der Waals surface area contributed by atoms with Gasteiger partial charge in [0, 0.05) is 0 Å². The lowest BCUT2D eigenvalue weighted by molar-refractivity contribution is -0.128. The molecule has 0 aromatic heterocycles. The zero-order valence-corrected chi connectivity index (χ0v) is 11.8. The van der Waals surface area contributed by atoms with E-state index in [0.717, 1.165) is 19.3 Å². The Morgan fingerprint density at radius 3 is 2.67 bits per heavy atom. The molecule has 5 heteroatoms. The van der Waals surface area contributed by atoms with Gasteiger partial charge in [0.2, 0.25) is 11.8 Å². The summed E-state index contributed by atoms with van der Waals surface area (Å²) in [5.74, 6) is -0.446. The Kier molecular flexibility index (Phi) is 3.38. The summed E-state index contributed by atoms with van der Waals surface area (Å²) in [5.41, 5.74) is 0.344. The van der Waals surface area contributed by atoms with Crippen LogP contribution in [0.5, 0.6) is 0 Å². The van der Waals surface area contributed by atoms with E-state index < -0.39 is 5.41 Å². The number of hydrogen-bond donors (Lipinski definition) is 1. The van der Waals surface area contributed by atoms with Gasteiger partial charge in [0.25, 0.3) is 0 Å². The first-order valence-corrected chi connectivity index (χ1v) is 7.28. The fourth-order valence-electron chi connectivity index (χ4n) is 3.20. The molecule has 108 valence electrons. The van der Waals surface area contributed by atoms with Crippen LogP contribution in [0.2, 0.25) is 0 Å². The van der Waals surface area contributed by atoms with Gasteiger partial charge in [-0.2, -0.15) is 5.26 Å². The first-order chi connectivity index (χ1) is 10.2. The number of nitrogens with one attached hydrogen (secondary N) is 1. The molecule has 0 atom stereocenters. The molecule has 21 heavy (non-hydrogen) atoms. The second-order valence-electron chi connectivity index (χ2n) is 5.71. The highest BCUT2D eigenvalue weighted by atomic mass is 16.2. The van der Waals surface area contributed by atoms with Crippen LogP contribution in [0.3, 0.4) is 0 Å². The van der Waals surface area contributed by atoms with Crippen molar-refractivity contribution < 1.29 is 9.59 Å². The fraction of sp³-hybridized carbons (Fsp3) is 0.438. The minimum absolute atomic E-state index is 0.0146. The molecule has 1 aliphatic heterocycles. The molecule has 5 nitrogen and oxygen atoms in total. The summed E-state index contributed by atoms with van der Waals surface area (Å²) in [6.07, 6.45) is 4.01. The Bertz CT molecular complexity index is 627. The SMILES string of the molecule is N#CC1(C(=O)N2CC(=O)Nc3ccccc32)CCCCC1. The van der Waals surface area contributed by atoms with Crippen LogP contribution < -0.4 is 10.2 Å². The molecule has 1 aromatic carbocycles. The molecule has 1 aliphatic carbocycles. The predicted molar refractivity (Wildman–Crippen MR) is 78.6 cm³/mol. The Hall–Kier alpha value is -2.35. The molecule has 0 bridgehead atoms. The zero-order chi connectivity index (χ0) is 14.9. The number of carbonyl (C=O) groups excluding carboxylic acids is 2. The average molecular weight is 283 g/mol. The summed E-state index contributed by atoms with van der Waals surface area (Å²) in [5, 5.41) is 12.3. The van der Waals surface area contributed by atoms with E-state index >= 15 is 0 Å². The van der Waals surface area contributed by atoms with Crippen LogP contribution in [0.25, 0.3) is 0 Å². The monoisotopic (exact) mass is 283 g/mol. The number of amides is 2. The van der Waals surface area contributed by atoms with Crippen molar-refractivity contribution in [3.05, 3.63) is 24.3 Å². The van der Waals surface area contributed by atoms with Gasteiger partial charge < -0.3 is 5.32 Å². The maximum atomic E-state index is 12.9. The fourth-order valence-corrected chi connectivity index (χ4v) is 3.20. The largest absolute Gasteiger partial charge is 0.323 e. The molecule has 0 spiro atoms. The number of nitrogens with zero attached hydrogens (tertiary/aromatic N) is 2. The summed E-state index contributed by atoms with van der Waals surface area (Å²) >= 11 is 0. The lowest BCUT2D eigenvalue weighted by atomic mass is 9.74. The summed E-state index contributed by atoms with van der Waals surface area (Å²) < 4.78 is 0. The maximum Gasteiger partial charge on any atom is 0.248 e. The molecule has 1 N–H and O–H groups in total.